The van der Waals surface area contributed by atoms with Gasteiger partial charge in [0.1, 0.15) is 17.5 Å². The molecule has 3 rings (SSSR count). The molecule has 1 aromatic heterocycles. The Morgan fingerprint density at radius 1 is 1.35 bits per heavy atom. The molecule has 1 aliphatic rings. The summed E-state index contributed by atoms with van der Waals surface area (Å²) in [5.41, 5.74) is 0.411. The Hall–Kier alpha value is -3.18. The first-order chi connectivity index (χ1) is 12.6. The fraction of sp³-hybridized carbons (Fsp3) is 0.333. The van der Waals surface area contributed by atoms with Gasteiger partial charge in [-0.2, -0.15) is 10.4 Å². The van der Waals surface area contributed by atoms with E-state index in [1.807, 2.05) is 0 Å². The Kier molecular flexibility index (Phi) is 5.29. The van der Waals surface area contributed by atoms with Crippen molar-refractivity contribution < 1.29 is 14.3 Å². The Morgan fingerprint density at radius 3 is 2.81 bits per heavy atom. The SMILES string of the molecule is Cn1nc(C(=O)N[C@@H]2COCC[C@H]2Oc2ccc(C#N)cc2)ccc1=O. The van der Waals surface area contributed by atoms with Gasteiger partial charge in [0.05, 0.1) is 30.9 Å². The van der Waals surface area contributed by atoms with Crippen molar-refractivity contribution in [2.45, 2.75) is 18.6 Å². The third-order valence-corrected chi connectivity index (χ3v) is 4.07. The molecule has 1 saturated heterocycles. The molecule has 1 N–H and O–H groups in total. The number of nitrogens with zero attached hydrogens (tertiary/aromatic N) is 3. The lowest BCUT2D eigenvalue weighted by Crippen LogP contribution is -2.52. The smallest absolute Gasteiger partial charge is 0.272 e. The topological polar surface area (TPSA) is 106 Å². The number of nitriles is 1. The molecule has 1 amide bonds. The molecule has 134 valence electrons. The van der Waals surface area contributed by atoms with Gasteiger partial charge in [-0.15, -0.1) is 0 Å². The Bertz CT molecular complexity index is 885. The van der Waals surface area contributed by atoms with E-state index >= 15 is 0 Å². The van der Waals surface area contributed by atoms with Crippen LogP contribution in [0.2, 0.25) is 0 Å². The number of nitrogens with one attached hydrogen (secondary N) is 1. The van der Waals surface area contributed by atoms with E-state index < -0.39 is 5.91 Å². The molecular weight excluding hydrogens is 336 g/mol. The number of ether oxygens (including phenoxy) is 2. The van der Waals surface area contributed by atoms with Crippen molar-refractivity contribution in [1.82, 2.24) is 15.1 Å². The van der Waals surface area contributed by atoms with Crippen LogP contribution in [0.4, 0.5) is 0 Å². The molecule has 2 atom stereocenters. The van der Waals surface area contributed by atoms with E-state index in [1.165, 1.54) is 19.2 Å². The van der Waals surface area contributed by atoms with E-state index in [4.69, 9.17) is 14.7 Å². The predicted octanol–water partition coefficient (Wildman–Crippen LogP) is 0.618. The highest BCUT2D eigenvalue weighted by Crippen LogP contribution is 2.19. The first kappa shape index (κ1) is 17.6. The predicted molar refractivity (Wildman–Crippen MR) is 91.7 cm³/mol. The van der Waals surface area contributed by atoms with E-state index in [0.717, 1.165) is 4.68 Å². The monoisotopic (exact) mass is 354 g/mol. The summed E-state index contributed by atoms with van der Waals surface area (Å²) < 4.78 is 12.5. The molecule has 0 saturated carbocycles. The lowest BCUT2D eigenvalue weighted by molar-refractivity contribution is -0.00297. The molecule has 0 radical (unpaired) electrons. The van der Waals surface area contributed by atoms with Crippen LogP contribution in [0, 0.1) is 11.3 Å². The molecule has 0 bridgehead atoms. The second-order valence-corrected chi connectivity index (χ2v) is 5.92. The quantitative estimate of drug-likeness (QED) is 0.863. The molecule has 2 heterocycles. The molecule has 0 aliphatic carbocycles. The van der Waals surface area contributed by atoms with Crippen molar-refractivity contribution in [3.63, 3.8) is 0 Å². The van der Waals surface area contributed by atoms with Gasteiger partial charge in [0.15, 0.2) is 0 Å². The van der Waals surface area contributed by atoms with Crippen LogP contribution in [0.3, 0.4) is 0 Å². The van der Waals surface area contributed by atoms with Gasteiger partial charge in [-0.3, -0.25) is 9.59 Å². The highest BCUT2D eigenvalue weighted by Gasteiger charge is 2.29. The average molecular weight is 354 g/mol. The van der Waals surface area contributed by atoms with Gasteiger partial charge in [0.2, 0.25) is 0 Å². The minimum Gasteiger partial charge on any atom is -0.488 e. The van der Waals surface area contributed by atoms with Crippen molar-refractivity contribution in [2.75, 3.05) is 13.2 Å². The first-order valence-corrected chi connectivity index (χ1v) is 8.16. The zero-order valence-electron chi connectivity index (χ0n) is 14.2. The summed E-state index contributed by atoms with van der Waals surface area (Å²) >= 11 is 0. The summed E-state index contributed by atoms with van der Waals surface area (Å²) in [6.45, 7) is 0.851. The number of aromatic nitrogens is 2. The van der Waals surface area contributed by atoms with Gasteiger partial charge in [0, 0.05) is 19.5 Å². The molecule has 0 spiro atoms. The molecular formula is C18H18N4O4. The van der Waals surface area contributed by atoms with Crippen LogP contribution in [-0.2, 0) is 11.8 Å². The number of carbonyl (C=O) groups excluding carboxylic acids is 1. The van der Waals surface area contributed by atoms with Gasteiger partial charge >= 0.3 is 0 Å². The third kappa shape index (κ3) is 4.07. The summed E-state index contributed by atoms with van der Waals surface area (Å²) in [5, 5.41) is 15.7. The highest BCUT2D eigenvalue weighted by atomic mass is 16.5. The first-order valence-electron chi connectivity index (χ1n) is 8.16. The maximum absolute atomic E-state index is 12.4. The Balaban J connectivity index is 1.69. The second kappa shape index (κ2) is 7.80. The van der Waals surface area contributed by atoms with Gasteiger partial charge in [-0.25, -0.2) is 4.68 Å². The summed E-state index contributed by atoms with van der Waals surface area (Å²) in [7, 11) is 1.49. The van der Waals surface area contributed by atoms with E-state index in [-0.39, 0.29) is 23.4 Å². The number of aryl methyl sites for hydroxylation is 1. The van der Waals surface area contributed by atoms with Crippen LogP contribution in [0.1, 0.15) is 22.5 Å². The lowest BCUT2D eigenvalue weighted by atomic mass is 10.1. The molecule has 2 aromatic rings. The molecule has 0 unspecified atom stereocenters. The third-order valence-electron chi connectivity index (χ3n) is 4.07. The van der Waals surface area contributed by atoms with E-state index in [1.54, 1.807) is 24.3 Å². The fourth-order valence-corrected chi connectivity index (χ4v) is 2.64. The maximum atomic E-state index is 12.4. The van der Waals surface area contributed by atoms with Gasteiger partial charge in [-0.05, 0) is 30.3 Å². The normalized spacial score (nSPS) is 19.4. The van der Waals surface area contributed by atoms with Gasteiger partial charge in [0.25, 0.3) is 11.5 Å². The zero-order chi connectivity index (χ0) is 18.5. The van der Waals surface area contributed by atoms with E-state index in [9.17, 15) is 9.59 Å². The van der Waals surface area contributed by atoms with Crippen molar-refractivity contribution in [1.29, 1.82) is 5.26 Å². The summed E-state index contributed by atoms with van der Waals surface area (Å²) in [6.07, 6.45) is 0.347. The van der Waals surface area contributed by atoms with Crippen LogP contribution in [0.25, 0.3) is 0 Å². The molecule has 8 nitrogen and oxygen atoms in total. The van der Waals surface area contributed by atoms with Crippen molar-refractivity contribution in [3.8, 4) is 11.8 Å². The molecule has 1 aliphatic heterocycles. The number of benzene rings is 1. The number of rotatable bonds is 4. The summed E-state index contributed by atoms with van der Waals surface area (Å²) in [6, 6.07) is 11.2. The van der Waals surface area contributed by atoms with E-state index in [0.29, 0.717) is 30.9 Å². The molecule has 8 heteroatoms. The molecule has 1 aromatic carbocycles. The standard InChI is InChI=1S/C18H18N4O4/c1-22-17(23)7-6-14(21-22)18(24)20-15-11-25-9-8-16(15)26-13-4-2-12(10-19)3-5-13/h2-7,15-16H,8-9,11H2,1H3,(H,20,24)/t15-,16-/m1/s1. The Morgan fingerprint density at radius 2 is 2.12 bits per heavy atom. The fourth-order valence-electron chi connectivity index (χ4n) is 2.64. The summed E-state index contributed by atoms with van der Waals surface area (Å²) in [5.74, 6) is 0.222. The van der Waals surface area contributed by atoms with Crippen molar-refractivity contribution in [3.05, 3.63) is 58.0 Å². The van der Waals surface area contributed by atoms with Crippen LogP contribution in [0.15, 0.2) is 41.2 Å². The average Bonchev–Trinajstić information content (AvgIpc) is 2.66. The number of hydrogen-bond donors (Lipinski definition) is 1. The second-order valence-electron chi connectivity index (χ2n) is 5.92. The summed E-state index contributed by atoms with van der Waals surface area (Å²) in [4.78, 5) is 23.8. The molecule has 26 heavy (non-hydrogen) atoms. The van der Waals surface area contributed by atoms with E-state index in [2.05, 4.69) is 16.5 Å². The number of hydrogen-bond acceptors (Lipinski definition) is 6. The minimum atomic E-state index is -0.399. The Labute approximate surface area is 150 Å². The van der Waals surface area contributed by atoms with Crippen molar-refractivity contribution >= 4 is 5.91 Å². The number of carbonyl (C=O) groups is 1. The van der Waals surface area contributed by atoms with Crippen LogP contribution >= 0.6 is 0 Å². The van der Waals surface area contributed by atoms with Gasteiger partial charge < -0.3 is 14.8 Å². The van der Waals surface area contributed by atoms with Crippen LogP contribution < -0.4 is 15.6 Å². The zero-order valence-corrected chi connectivity index (χ0v) is 14.2. The largest absolute Gasteiger partial charge is 0.488 e. The lowest BCUT2D eigenvalue weighted by Gasteiger charge is -2.32. The molecule has 1 fully saturated rings. The highest BCUT2D eigenvalue weighted by molar-refractivity contribution is 5.92. The minimum absolute atomic E-state index is 0.148. The van der Waals surface area contributed by atoms with Crippen molar-refractivity contribution in [2.24, 2.45) is 7.05 Å². The maximum Gasteiger partial charge on any atom is 0.272 e. The van der Waals surface area contributed by atoms with Crippen LogP contribution in [0.5, 0.6) is 5.75 Å². The van der Waals surface area contributed by atoms with Crippen LogP contribution in [-0.4, -0.2) is 41.0 Å². The van der Waals surface area contributed by atoms with Gasteiger partial charge in [-0.1, -0.05) is 0 Å². The number of amides is 1.